The lowest BCUT2D eigenvalue weighted by atomic mass is 10.2. The zero-order valence-electron chi connectivity index (χ0n) is 10.4. The average Bonchev–Trinajstić information content (AvgIpc) is 2.86. The van der Waals surface area contributed by atoms with E-state index in [2.05, 4.69) is 26.2 Å². The molecule has 1 N–H and O–H groups in total. The zero-order chi connectivity index (χ0) is 13.1. The first-order valence-corrected chi connectivity index (χ1v) is 6.62. The highest BCUT2D eigenvalue weighted by molar-refractivity contribution is 9.10. The number of likely N-dealkylation sites (N-methyl/N-ethyl adjacent to an activating group) is 1. The van der Waals surface area contributed by atoms with Gasteiger partial charge in [0.2, 0.25) is 0 Å². The van der Waals surface area contributed by atoms with Gasteiger partial charge < -0.3 is 9.64 Å². The number of carbonyl (C=O) groups is 1. The van der Waals surface area contributed by atoms with E-state index in [1.54, 1.807) is 18.0 Å². The Labute approximate surface area is 115 Å². The molecule has 0 bridgehead atoms. The molecule has 2 rings (SSSR count). The molecule has 0 aliphatic carbocycles. The topological polar surface area (TPSA) is 54.5 Å². The standard InChI is InChI=1S/C12H16BrN3O2/c1-8-10(13)3-4-11(14-8)15-12(17)16(2)9-5-6-18-7-9/h3-4,9H,5-7H2,1-2H3,(H,14,15,17)/t9-/m1/s1. The summed E-state index contributed by atoms with van der Waals surface area (Å²) in [5.41, 5.74) is 0.847. The Balaban J connectivity index is 1.99. The molecule has 1 fully saturated rings. The van der Waals surface area contributed by atoms with Crippen molar-refractivity contribution < 1.29 is 9.53 Å². The summed E-state index contributed by atoms with van der Waals surface area (Å²) in [6.07, 6.45) is 0.886. The van der Waals surface area contributed by atoms with Gasteiger partial charge in [0.25, 0.3) is 0 Å². The Morgan fingerprint density at radius 3 is 3.00 bits per heavy atom. The van der Waals surface area contributed by atoms with Gasteiger partial charge in [-0.2, -0.15) is 0 Å². The highest BCUT2D eigenvalue weighted by atomic mass is 79.9. The van der Waals surface area contributed by atoms with Gasteiger partial charge in [-0.25, -0.2) is 9.78 Å². The van der Waals surface area contributed by atoms with E-state index in [0.29, 0.717) is 12.4 Å². The normalized spacial score (nSPS) is 18.7. The largest absolute Gasteiger partial charge is 0.379 e. The minimum atomic E-state index is -0.153. The Hall–Kier alpha value is -1.14. The number of hydrogen-bond donors (Lipinski definition) is 1. The molecule has 2 heterocycles. The summed E-state index contributed by atoms with van der Waals surface area (Å²) in [5.74, 6) is 0.562. The van der Waals surface area contributed by atoms with Gasteiger partial charge in [-0.15, -0.1) is 0 Å². The molecule has 1 aliphatic heterocycles. The third-order valence-electron chi connectivity index (χ3n) is 3.03. The number of pyridine rings is 1. The van der Waals surface area contributed by atoms with Gasteiger partial charge >= 0.3 is 6.03 Å². The molecule has 5 nitrogen and oxygen atoms in total. The Morgan fingerprint density at radius 1 is 1.61 bits per heavy atom. The van der Waals surface area contributed by atoms with Crippen molar-refractivity contribution in [2.75, 3.05) is 25.6 Å². The van der Waals surface area contributed by atoms with Crippen LogP contribution in [0.15, 0.2) is 16.6 Å². The quantitative estimate of drug-likeness (QED) is 0.912. The molecule has 1 atom stereocenters. The van der Waals surface area contributed by atoms with E-state index in [1.807, 2.05) is 13.0 Å². The number of rotatable bonds is 2. The predicted molar refractivity (Wildman–Crippen MR) is 72.7 cm³/mol. The van der Waals surface area contributed by atoms with Crippen molar-refractivity contribution in [3.05, 3.63) is 22.3 Å². The van der Waals surface area contributed by atoms with Crippen molar-refractivity contribution in [2.24, 2.45) is 0 Å². The van der Waals surface area contributed by atoms with Gasteiger partial charge in [0, 0.05) is 18.1 Å². The lowest BCUT2D eigenvalue weighted by Gasteiger charge is -2.23. The van der Waals surface area contributed by atoms with Gasteiger partial charge in [-0.3, -0.25) is 5.32 Å². The third kappa shape index (κ3) is 3.00. The lowest BCUT2D eigenvalue weighted by Crippen LogP contribution is -2.40. The molecular weight excluding hydrogens is 298 g/mol. The molecule has 0 saturated carbocycles. The van der Waals surface area contributed by atoms with Gasteiger partial charge in [0.05, 0.1) is 18.3 Å². The Kier molecular flexibility index (Phi) is 4.19. The molecule has 1 aromatic heterocycles. The fourth-order valence-corrected chi connectivity index (χ4v) is 2.03. The maximum Gasteiger partial charge on any atom is 0.323 e. The van der Waals surface area contributed by atoms with E-state index >= 15 is 0 Å². The van der Waals surface area contributed by atoms with Gasteiger partial charge in [-0.1, -0.05) is 0 Å². The summed E-state index contributed by atoms with van der Waals surface area (Å²) in [6.45, 7) is 3.21. The maximum atomic E-state index is 12.0. The minimum Gasteiger partial charge on any atom is -0.379 e. The molecule has 1 saturated heterocycles. The van der Waals surface area contributed by atoms with Gasteiger partial charge in [-0.05, 0) is 41.4 Å². The van der Waals surface area contributed by atoms with Crippen molar-refractivity contribution in [3.8, 4) is 0 Å². The monoisotopic (exact) mass is 313 g/mol. The van der Waals surface area contributed by atoms with Crippen LogP contribution < -0.4 is 5.32 Å². The summed E-state index contributed by atoms with van der Waals surface area (Å²) >= 11 is 3.38. The molecule has 1 aromatic rings. The van der Waals surface area contributed by atoms with Crippen LogP contribution in [-0.4, -0.2) is 42.2 Å². The van der Waals surface area contributed by atoms with Crippen molar-refractivity contribution in [1.82, 2.24) is 9.88 Å². The maximum absolute atomic E-state index is 12.0. The predicted octanol–water partition coefficient (Wildman–Crippen LogP) is 2.41. The summed E-state index contributed by atoms with van der Waals surface area (Å²) in [5, 5.41) is 2.79. The summed E-state index contributed by atoms with van der Waals surface area (Å²) < 4.78 is 6.20. The molecule has 0 aromatic carbocycles. The van der Waals surface area contributed by atoms with Crippen molar-refractivity contribution in [1.29, 1.82) is 0 Å². The number of aryl methyl sites for hydroxylation is 1. The Morgan fingerprint density at radius 2 is 2.39 bits per heavy atom. The van der Waals surface area contributed by atoms with Crippen LogP contribution in [0.3, 0.4) is 0 Å². The van der Waals surface area contributed by atoms with Crippen LogP contribution in [0.2, 0.25) is 0 Å². The lowest BCUT2D eigenvalue weighted by molar-refractivity contribution is 0.163. The first-order chi connectivity index (χ1) is 8.58. The zero-order valence-corrected chi connectivity index (χ0v) is 12.0. The fourth-order valence-electron chi connectivity index (χ4n) is 1.80. The summed E-state index contributed by atoms with van der Waals surface area (Å²) in [7, 11) is 1.78. The number of anilines is 1. The van der Waals surface area contributed by atoms with Crippen LogP contribution in [0.1, 0.15) is 12.1 Å². The van der Waals surface area contributed by atoms with E-state index in [0.717, 1.165) is 23.2 Å². The van der Waals surface area contributed by atoms with E-state index < -0.39 is 0 Å². The number of amides is 2. The second-order valence-corrected chi connectivity index (χ2v) is 5.18. The fraction of sp³-hybridized carbons (Fsp3) is 0.500. The highest BCUT2D eigenvalue weighted by Gasteiger charge is 2.24. The van der Waals surface area contributed by atoms with Gasteiger partial charge in [0.15, 0.2) is 0 Å². The number of halogens is 1. The second kappa shape index (κ2) is 5.67. The summed E-state index contributed by atoms with van der Waals surface area (Å²) in [4.78, 5) is 18.0. The molecule has 0 radical (unpaired) electrons. The molecule has 18 heavy (non-hydrogen) atoms. The number of nitrogens with zero attached hydrogens (tertiary/aromatic N) is 2. The first kappa shape index (κ1) is 13.3. The van der Waals surface area contributed by atoms with Crippen LogP contribution in [0.5, 0.6) is 0 Å². The molecule has 0 unspecified atom stereocenters. The van der Waals surface area contributed by atoms with E-state index in [-0.39, 0.29) is 12.1 Å². The number of hydrogen-bond acceptors (Lipinski definition) is 3. The van der Waals surface area contributed by atoms with Crippen molar-refractivity contribution in [2.45, 2.75) is 19.4 Å². The van der Waals surface area contributed by atoms with Crippen molar-refractivity contribution in [3.63, 3.8) is 0 Å². The second-order valence-electron chi connectivity index (χ2n) is 4.32. The smallest absolute Gasteiger partial charge is 0.323 e. The van der Waals surface area contributed by atoms with Crippen LogP contribution in [0.4, 0.5) is 10.6 Å². The SMILES string of the molecule is Cc1nc(NC(=O)N(C)[C@@H]2CCOC2)ccc1Br. The molecular formula is C12H16BrN3O2. The number of carbonyl (C=O) groups excluding carboxylic acids is 1. The molecule has 6 heteroatoms. The number of nitrogens with one attached hydrogen (secondary N) is 1. The number of urea groups is 1. The average molecular weight is 314 g/mol. The van der Waals surface area contributed by atoms with Gasteiger partial charge in [0.1, 0.15) is 5.82 Å². The number of aromatic nitrogens is 1. The summed E-state index contributed by atoms with van der Waals surface area (Å²) in [6, 6.07) is 3.64. The Bertz CT molecular complexity index is 447. The van der Waals surface area contributed by atoms with Crippen LogP contribution in [-0.2, 0) is 4.74 Å². The molecule has 98 valence electrons. The van der Waals surface area contributed by atoms with Crippen LogP contribution in [0, 0.1) is 6.92 Å². The number of ether oxygens (including phenoxy) is 1. The van der Waals surface area contributed by atoms with Crippen LogP contribution in [0.25, 0.3) is 0 Å². The third-order valence-corrected chi connectivity index (χ3v) is 3.87. The van der Waals surface area contributed by atoms with E-state index in [1.165, 1.54) is 0 Å². The highest BCUT2D eigenvalue weighted by Crippen LogP contribution is 2.17. The minimum absolute atomic E-state index is 0.153. The molecule has 2 amide bonds. The molecule has 0 spiro atoms. The van der Waals surface area contributed by atoms with Crippen molar-refractivity contribution >= 4 is 27.8 Å². The van der Waals surface area contributed by atoms with Crippen LogP contribution >= 0.6 is 15.9 Å². The van der Waals surface area contributed by atoms with E-state index in [4.69, 9.17) is 4.74 Å². The molecule has 1 aliphatic rings. The first-order valence-electron chi connectivity index (χ1n) is 5.82. The van der Waals surface area contributed by atoms with E-state index in [9.17, 15) is 4.79 Å².